The summed E-state index contributed by atoms with van der Waals surface area (Å²) in [5.74, 6) is 0.109. The topological polar surface area (TPSA) is 65.7 Å². The Kier molecular flexibility index (Phi) is 4.71. The Balaban J connectivity index is 1.28. The maximum Gasteiger partial charge on any atom is 0.344 e. The number of hydrogen-bond donors (Lipinski definition) is 0. The van der Waals surface area contributed by atoms with Crippen molar-refractivity contribution in [1.29, 1.82) is 0 Å². The number of carbonyl (C=O) groups excluding carboxylic acids is 1. The second-order valence-electron chi connectivity index (χ2n) is 7.52. The summed E-state index contributed by atoms with van der Waals surface area (Å²) in [6.07, 6.45) is 3.12. The molecule has 0 atom stereocenters. The largest absolute Gasteiger partial charge is 0.482 e. The van der Waals surface area contributed by atoms with Gasteiger partial charge in [0.25, 0.3) is 0 Å². The number of carbonyl (C=O) groups is 1. The van der Waals surface area contributed by atoms with Crippen LogP contribution in [0.15, 0.2) is 69.9 Å². The molecule has 0 aliphatic heterocycles. The van der Waals surface area contributed by atoms with E-state index in [0.717, 1.165) is 35.4 Å². The first-order chi connectivity index (χ1) is 14.7. The van der Waals surface area contributed by atoms with Gasteiger partial charge in [-0.2, -0.15) is 0 Å². The molecule has 0 fully saturated rings. The van der Waals surface area contributed by atoms with Crippen molar-refractivity contribution in [2.75, 3.05) is 6.61 Å². The highest BCUT2D eigenvalue weighted by Crippen LogP contribution is 2.28. The molecule has 4 aromatic rings. The van der Waals surface area contributed by atoms with Crippen molar-refractivity contribution in [2.45, 2.75) is 25.9 Å². The number of fused-ring (bicyclic) bond motifs is 3. The van der Waals surface area contributed by atoms with Crippen molar-refractivity contribution < 1.29 is 18.7 Å². The first-order valence-electron chi connectivity index (χ1n) is 10.0. The Morgan fingerprint density at radius 1 is 0.933 bits per heavy atom. The molecule has 0 unspecified atom stereocenters. The molecule has 30 heavy (non-hydrogen) atoms. The monoisotopic (exact) mass is 400 g/mol. The van der Waals surface area contributed by atoms with Crippen LogP contribution in [0.3, 0.4) is 0 Å². The van der Waals surface area contributed by atoms with Gasteiger partial charge in [0.2, 0.25) is 0 Å². The van der Waals surface area contributed by atoms with Crippen LogP contribution in [0.2, 0.25) is 0 Å². The van der Waals surface area contributed by atoms with Crippen LogP contribution < -0.4 is 10.4 Å². The number of hydrogen-bond acceptors (Lipinski definition) is 5. The minimum Gasteiger partial charge on any atom is -0.482 e. The zero-order valence-corrected chi connectivity index (χ0v) is 16.4. The SMILES string of the molecule is O=C(COc1ccc2ccccc2c1)OCc1cc(=O)oc2cc3c(cc12)CCC3. The normalized spacial score (nSPS) is 12.8. The molecule has 0 saturated carbocycles. The van der Waals surface area contributed by atoms with Gasteiger partial charge in [0, 0.05) is 17.0 Å². The van der Waals surface area contributed by atoms with E-state index in [-0.39, 0.29) is 13.2 Å². The lowest BCUT2D eigenvalue weighted by Gasteiger charge is -2.10. The highest BCUT2D eigenvalue weighted by Gasteiger charge is 2.16. The maximum atomic E-state index is 12.2. The van der Waals surface area contributed by atoms with E-state index in [0.29, 0.717) is 16.9 Å². The van der Waals surface area contributed by atoms with Gasteiger partial charge in [-0.15, -0.1) is 0 Å². The molecular formula is C25H20O5. The maximum absolute atomic E-state index is 12.2. The predicted octanol–water partition coefficient (Wildman–Crippen LogP) is 4.56. The van der Waals surface area contributed by atoms with E-state index < -0.39 is 11.6 Å². The summed E-state index contributed by atoms with van der Waals surface area (Å²) in [6, 6.07) is 19.0. The molecule has 0 spiro atoms. The van der Waals surface area contributed by atoms with Crippen molar-refractivity contribution in [2.24, 2.45) is 0 Å². The van der Waals surface area contributed by atoms with Crippen LogP contribution in [0.1, 0.15) is 23.1 Å². The second-order valence-corrected chi connectivity index (χ2v) is 7.52. The summed E-state index contributed by atoms with van der Waals surface area (Å²) in [5.41, 5.74) is 3.24. The molecule has 0 amide bonds. The highest BCUT2D eigenvalue weighted by atomic mass is 16.6. The molecule has 0 radical (unpaired) electrons. The number of aryl methyl sites for hydroxylation is 2. The van der Waals surface area contributed by atoms with Crippen LogP contribution in [0.25, 0.3) is 21.7 Å². The molecule has 0 saturated heterocycles. The molecule has 1 aliphatic rings. The summed E-state index contributed by atoms with van der Waals surface area (Å²) >= 11 is 0. The molecule has 5 heteroatoms. The molecule has 150 valence electrons. The zero-order valence-electron chi connectivity index (χ0n) is 16.4. The van der Waals surface area contributed by atoms with E-state index in [4.69, 9.17) is 13.9 Å². The summed E-state index contributed by atoms with van der Waals surface area (Å²) in [4.78, 5) is 24.1. The van der Waals surface area contributed by atoms with Crippen molar-refractivity contribution in [3.8, 4) is 5.75 Å². The average molecular weight is 400 g/mol. The van der Waals surface area contributed by atoms with Crippen LogP contribution in [0, 0.1) is 0 Å². The minimum atomic E-state index is -0.495. The standard InChI is InChI=1S/C25H20O5/c26-24-13-20(22-11-18-6-3-7-19(18)12-23(22)30-24)14-29-25(27)15-28-21-9-8-16-4-1-2-5-17(16)10-21/h1-2,4-5,8-13H,3,6-7,14-15H2. The van der Waals surface area contributed by atoms with Gasteiger partial charge in [-0.1, -0.05) is 30.3 Å². The quantitative estimate of drug-likeness (QED) is 0.363. The number of benzene rings is 3. The number of rotatable bonds is 5. The van der Waals surface area contributed by atoms with Gasteiger partial charge in [-0.3, -0.25) is 0 Å². The lowest BCUT2D eigenvalue weighted by molar-refractivity contribution is -0.147. The van der Waals surface area contributed by atoms with Crippen LogP contribution in [-0.2, 0) is 29.0 Å². The van der Waals surface area contributed by atoms with Crippen molar-refractivity contribution >= 4 is 27.7 Å². The molecule has 0 bridgehead atoms. The first-order valence-corrected chi connectivity index (χ1v) is 10.0. The van der Waals surface area contributed by atoms with Crippen molar-refractivity contribution in [3.63, 3.8) is 0 Å². The Hall–Kier alpha value is -3.60. The fourth-order valence-corrected chi connectivity index (χ4v) is 4.01. The molecular weight excluding hydrogens is 380 g/mol. The van der Waals surface area contributed by atoms with E-state index in [2.05, 4.69) is 6.07 Å². The Morgan fingerprint density at radius 2 is 1.73 bits per heavy atom. The predicted molar refractivity (Wildman–Crippen MR) is 114 cm³/mol. The summed E-state index contributed by atoms with van der Waals surface area (Å²) < 4.78 is 16.3. The van der Waals surface area contributed by atoms with Gasteiger partial charge < -0.3 is 13.9 Å². The third kappa shape index (κ3) is 3.66. The van der Waals surface area contributed by atoms with E-state index in [9.17, 15) is 9.59 Å². The Labute approximate surface area is 172 Å². The molecule has 5 nitrogen and oxygen atoms in total. The Morgan fingerprint density at radius 3 is 2.60 bits per heavy atom. The van der Waals surface area contributed by atoms with Gasteiger partial charge in [-0.05, 0) is 65.4 Å². The Bertz CT molecular complexity index is 1320. The molecule has 1 heterocycles. The minimum absolute atomic E-state index is 0.000794. The van der Waals surface area contributed by atoms with Gasteiger partial charge in [0.05, 0.1) is 0 Å². The van der Waals surface area contributed by atoms with Gasteiger partial charge in [-0.25, -0.2) is 9.59 Å². The molecule has 5 rings (SSSR count). The average Bonchev–Trinajstić information content (AvgIpc) is 3.21. The van der Waals surface area contributed by atoms with Gasteiger partial charge in [0.1, 0.15) is 17.9 Å². The molecule has 0 N–H and O–H groups in total. The number of esters is 1. The van der Waals surface area contributed by atoms with Crippen LogP contribution >= 0.6 is 0 Å². The van der Waals surface area contributed by atoms with Gasteiger partial charge in [0.15, 0.2) is 6.61 Å². The van der Waals surface area contributed by atoms with Crippen LogP contribution in [-0.4, -0.2) is 12.6 Å². The van der Waals surface area contributed by atoms with Crippen LogP contribution in [0.5, 0.6) is 5.75 Å². The highest BCUT2D eigenvalue weighted by molar-refractivity contribution is 5.84. The molecule has 1 aliphatic carbocycles. The smallest absolute Gasteiger partial charge is 0.344 e. The first kappa shape index (κ1) is 18.4. The molecule has 3 aromatic carbocycles. The lowest BCUT2D eigenvalue weighted by atomic mass is 10.0. The summed E-state index contributed by atoms with van der Waals surface area (Å²) in [7, 11) is 0. The third-order valence-corrected chi connectivity index (χ3v) is 5.51. The fraction of sp³-hybridized carbons (Fsp3) is 0.200. The fourth-order valence-electron chi connectivity index (χ4n) is 4.01. The van der Waals surface area contributed by atoms with E-state index in [1.165, 1.54) is 17.2 Å². The van der Waals surface area contributed by atoms with E-state index >= 15 is 0 Å². The van der Waals surface area contributed by atoms with Crippen molar-refractivity contribution in [3.05, 3.63) is 87.8 Å². The summed E-state index contributed by atoms with van der Waals surface area (Å²) in [6.45, 7) is -0.200. The van der Waals surface area contributed by atoms with E-state index in [1.807, 2.05) is 48.5 Å². The lowest BCUT2D eigenvalue weighted by Crippen LogP contribution is -2.15. The van der Waals surface area contributed by atoms with E-state index in [1.54, 1.807) is 0 Å². The third-order valence-electron chi connectivity index (χ3n) is 5.51. The zero-order chi connectivity index (χ0) is 20.5. The van der Waals surface area contributed by atoms with Crippen molar-refractivity contribution in [1.82, 2.24) is 0 Å². The second kappa shape index (κ2) is 7.67. The number of ether oxygens (including phenoxy) is 2. The van der Waals surface area contributed by atoms with Crippen LogP contribution in [0.4, 0.5) is 0 Å². The van der Waals surface area contributed by atoms with Gasteiger partial charge >= 0.3 is 11.6 Å². The molecule has 1 aromatic heterocycles. The summed E-state index contributed by atoms with van der Waals surface area (Å²) in [5, 5.41) is 2.96.